The molecule has 0 spiro atoms. The van der Waals surface area contributed by atoms with Crippen molar-refractivity contribution in [3.05, 3.63) is 23.5 Å². The Labute approximate surface area is 73.7 Å². The largest absolute Gasteiger partial charge is 0.358 e. The average Bonchev–Trinajstić information content (AvgIpc) is 2.35. The third kappa shape index (κ3) is 2.91. The Morgan fingerprint density at radius 3 is 2.75 bits per heavy atom. The summed E-state index contributed by atoms with van der Waals surface area (Å²) in [6, 6.07) is 4.09. The third-order valence-electron chi connectivity index (χ3n) is 1.56. The number of nitrogens with zero attached hydrogens (tertiary/aromatic N) is 1. The third-order valence-corrected chi connectivity index (χ3v) is 1.56. The molecule has 0 aliphatic heterocycles. The second-order valence-electron chi connectivity index (χ2n) is 3.48. The molecule has 2 heteroatoms. The molecule has 12 heavy (non-hydrogen) atoms. The molecule has 0 radical (unpaired) electrons. The smallest absolute Gasteiger partial charge is 0.0563 e. The molecule has 1 N–H and O–H groups in total. The average molecular weight is 164 g/mol. The summed E-state index contributed by atoms with van der Waals surface area (Å²) >= 11 is 0. The van der Waals surface area contributed by atoms with Crippen LogP contribution in [0.3, 0.4) is 0 Å². The Bertz CT molecular complexity index is 259. The molecule has 0 aliphatic carbocycles. The zero-order chi connectivity index (χ0) is 8.97. The van der Waals surface area contributed by atoms with Gasteiger partial charge in [0.05, 0.1) is 5.69 Å². The highest BCUT2D eigenvalue weighted by Crippen LogP contribution is 1.97. The van der Waals surface area contributed by atoms with Crippen molar-refractivity contribution in [2.24, 2.45) is 10.9 Å². The van der Waals surface area contributed by atoms with Crippen molar-refractivity contribution in [3.63, 3.8) is 0 Å². The van der Waals surface area contributed by atoms with E-state index in [9.17, 15) is 0 Å². The van der Waals surface area contributed by atoms with E-state index in [-0.39, 0.29) is 0 Å². The van der Waals surface area contributed by atoms with E-state index in [2.05, 4.69) is 29.9 Å². The molecule has 0 amide bonds. The minimum atomic E-state index is 0.636. The molecule has 0 atom stereocenters. The number of aryl methyl sites for hydroxylation is 1. The number of H-pyrrole nitrogens is 1. The highest BCUT2D eigenvalue weighted by atomic mass is 14.8. The maximum absolute atomic E-state index is 4.30. The van der Waals surface area contributed by atoms with Crippen LogP contribution in [-0.2, 0) is 0 Å². The van der Waals surface area contributed by atoms with Gasteiger partial charge in [-0.15, -0.1) is 0 Å². The van der Waals surface area contributed by atoms with E-state index in [4.69, 9.17) is 0 Å². The topological polar surface area (TPSA) is 28.1 Å². The Kier molecular flexibility index (Phi) is 3.09. The van der Waals surface area contributed by atoms with Crippen molar-refractivity contribution >= 4 is 6.21 Å². The predicted molar refractivity (Wildman–Crippen MR) is 52.8 cm³/mol. The summed E-state index contributed by atoms with van der Waals surface area (Å²) in [7, 11) is 0. The van der Waals surface area contributed by atoms with Crippen molar-refractivity contribution in [1.82, 2.24) is 4.98 Å². The van der Waals surface area contributed by atoms with Gasteiger partial charge in [-0.05, 0) is 25.0 Å². The summed E-state index contributed by atoms with van der Waals surface area (Å²) in [5.41, 5.74) is 2.27. The van der Waals surface area contributed by atoms with E-state index in [1.165, 1.54) is 5.69 Å². The van der Waals surface area contributed by atoms with Crippen LogP contribution in [0.5, 0.6) is 0 Å². The van der Waals surface area contributed by atoms with Gasteiger partial charge >= 0.3 is 0 Å². The minimum Gasteiger partial charge on any atom is -0.358 e. The summed E-state index contributed by atoms with van der Waals surface area (Å²) in [5.74, 6) is 0.636. The molecule has 0 unspecified atom stereocenters. The Morgan fingerprint density at radius 1 is 1.50 bits per heavy atom. The van der Waals surface area contributed by atoms with Gasteiger partial charge in [-0.3, -0.25) is 4.99 Å². The van der Waals surface area contributed by atoms with Crippen molar-refractivity contribution in [1.29, 1.82) is 0 Å². The van der Waals surface area contributed by atoms with Crippen molar-refractivity contribution in [2.75, 3.05) is 6.54 Å². The first-order valence-corrected chi connectivity index (χ1v) is 4.34. The molecule has 2 nitrogen and oxygen atoms in total. The van der Waals surface area contributed by atoms with E-state index in [0.29, 0.717) is 5.92 Å². The lowest BCUT2D eigenvalue weighted by molar-refractivity contribution is 0.667. The van der Waals surface area contributed by atoms with Gasteiger partial charge in [0.25, 0.3) is 0 Å². The van der Waals surface area contributed by atoms with Crippen LogP contribution in [0.4, 0.5) is 0 Å². The van der Waals surface area contributed by atoms with Crippen LogP contribution in [0.15, 0.2) is 17.1 Å². The number of rotatable bonds is 3. The fourth-order valence-electron chi connectivity index (χ4n) is 0.963. The van der Waals surface area contributed by atoms with Crippen LogP contribution in [0, 0.1) is 12.8 Å². The zero-order valence-electron chi connectivity index (χ0n) is 7.96. The summed E-state index contributed by atoms with van der Waals surface area (Å²) in [6.45, 7) is 7.27. The van der Waals surface area contributed by atoms with Crippen molar-refractivity contribution in [3.8, 4) is 0 Å². The molecular weight excluding hydrogens is 148 g/mol. The van der Waals surface area contributed by atoms with Crippen LogP contribution in [0.2, 0.25) is 0 Å². The number of aliphatic imine (C=N–C) groups is 1. The van der Waals surface area contributed by atoms with Crippen molar-refractivity contribution < 1.29 is 0 Å². The summed E-state index contributed by atoms with van der Waals surface area (Å²) in [6.07, 6.45) is 1.90. The Balaban J connectivity index is 2.46. The van der Waals surface area contributed by atoms with E-state index < -0.39 is 0 Å². The second kappa shape index (κ2) is 4.10. The number of aromatic nitrogens is 1. The first-order valence-electron chi connectivity index (χ1n) is 4.34. The van der Waals surface area contributed by atoms with E-state index in [0.717, 1.165) is 12.2 Å². The lowest BCUT2D eigenvalue weighted by atomic mass is 10.2. The molecular formula is C10H16N2. The van der Waals surface area contributed by atoms with E-state index in [1.54, 1.807) is 0 Å². The van der Waals surface area contributed by atoms with Crippen LogP contribution in [0.25, 0.3) is 0 Å². The molecule has 66 valence electrons. The van der Waals surface area contributed by atoms with Gasteiger partial charge in [-0.25, -0.2) is 0 Å². The maximum atomic E-state index is 4.30. The quantitative estimate of drug-likeness (QED) is 0.664. The molecule has 0 bridgehead atoms. The first-order chi connectivity index (χ1) is 5.68. The van der Waals surface area contributed by atoms with Gasteiger partial charge in [0.15, 0.2) is 0 Å². The van der Waals surface area contributed by atoms with Crippen molar-refractivity contribution in [2.45, 2.75) is 20.8 Å². The summed E-state index contributed by atoms with van der Waals surface area (Å²) in [4.78, 5) is 7.50. The van der Waals surface area contributed by atoms with E-state index >= 15 is 0 Å². The highest BCUT2D eigenvalue weighted by molar-refractivity contribution is 5.77. The van der Waals surface area contributed by atoms with E-state index in [1.807, 2.05) is 19.2 Å². The van der Waals surface area contributed by atoms with Gasteiger partial charge in [0, 0.05) is 18.5 Å². The summed E-state index contributed by atoms with van der Waals surface area (Å²) < 4.78 is 0. The fraction of sp³-hybridized carbons (Fsp3) is 0.500. The van der Waals surface area contributed by atoms with Gasteiger partial charge in [0.1, 0.15) is 0 Å². The zero-order valence-corrected chi connectivity index (χ0v) is 7.96. The van der Waals surface area contributed by atoms with Crippen LogP contribution >= 0.6 is 0 Å². The standard InChI is InChI=1S/C10H16N2/c1-8(2)6-11-7-10-5-4-9(3)12-10/h4-5,7-8,12H,6H2,1-3H3. The lowest BCUT2D eigenvalue weighted by Gasteiger charge is -1.95. The second-order valence-corrected chi connectivity index (χ2v) is 3.48. The number of hydrogen-bond acceptors (Lipinski definition) is 1. The van der Waals surface area contributed by atoms with Gasteiger partial charge < -0.3 is 4.98 Å². The molecule has 0 saturated carbocycles. The predicted octanol–water partition coefficient (Wildman–Crippen LogP) is 2.40. The molecule has 1 aromatic rings. The highest BCUT2D eigenvalue weighted by Gasteiger charge is 1.91. The van der Waals surface area contributed by atoms with Crippen LogP contribution < -0.4 is 0 Å². The fourth-order valence-corrected chi connectivity index (χ4v) is 0.963. The monoisotopic (exact) mass is 164 g/mol. The number of aromatic amines is 1. The summed E-state index contributed by atoms with van der Waals surface area (Å²) in [5, 5.41) is 0. The Morgan fingerprint density at radius 2 is 2.25 bits per heavy atom. The number of nitrogens with one attached hydrogen (secondary N) is 1. The molecule has 0 saturated heterocycles. The van der Waals surface area contributed by atoms with Gasteiger partial charge in [-0.1, -0.05) is 13.8 Å². The molecule has 0 aromatic carbocycles. The lowest BCUT2D eigenvalue weighted by Crippen LogP contribution is -1.92. The molecule has 0 fully saturated rings. The minimum absolute atomic E-state index is 0.636. The normalized spacial score (nSPS) is 11.7. The molecule has 1 aromatic heterocycles. The molecule has 1 rings (SSSR count). The molecule has 0 aliphatic rings. The molecule has 1 heterocycles. The first kappa shape index (κ1) is 9.04. The number of hydrogen-bond donors (Lipinski definition) is 1. The van der Waals surface area contributed by atoms with Crippen LogP contribution in [-0.4, -0.2) is 17.7 Å². The van der Waals surface area contributed by atoms with Gasteiger partial charge in [-0.2, -0.15) is 0 Å². The SMILES string of the molecule is Cc1ccc(C=NCC(C)C)[nH]1. The van der Waals surface area contributed by atoms with Crippen LogP contribution in [0.1, 0.15) is 25.2 Å². The van der Waals surface area contributed by atoms with Gasteiger partial charge in [0.2, 0.25) is 0 Å². The maximum Gasteiger partial charge on any atom is 0.0563 e. The Hall–Kier alpha value is -1.05.